The number of H-pyrrole nitrogens is 1. The summed E-state index contributed by atoms with van der Waals surface area (Å²) in [6, 6.07) is 4.72. The fraction of sp³-hybridized carbons (Fsp3) is 0.176. The average Bonchev–Trinajstić information content (AvgIpc) is 3.21. The first-order valence-corrected chi connectivity index (χ1v) is 9.57. The molecule has 25 heavy (non-hydrogen) atoms. The highest BCUT2D eigenvalue weighted by Gasteiger charge is 2.33. The molecule has 2 aromatic heterocycles. The standard InChI is InChI=1S/C17H13F2N3OS2/c1-24-17-14-11(15(25-17)12-2-3-20-22-12)7-13(21-16(14)23)8-4-9(18)6-10(19)5-8/h2-6,13H,7H2,1H3,(H,20,22)(H,21,23). The molecule has 2 N–H and O–H groups in total. The summed E-state index contributed by atoms with van der Waals surface area (Å²) in [6.45, 7) is 0. The van der Waals surface area contributed by atoms with Gasteiger partial charge in [-0.1, -0.05) is 0 Å². The van der Waals surface area contributed by atoms with Crippen molar-refractivity contribution in [2.45, 2.75) is 16.7 Å². The van der Waals surface area contributed by atoms with Crippen LogP contribution in [-0.4, -0.2) is 22.4 Å². The van der Waals surface area contributed by atoms with Crippen LogP contribution >= 0.6 is 23.1 Å². The zero-order valence-electron chi connectivity index (χ0n) is 13.1. The number of aromatic amines is 1. The van der Waals surface area contributed by atoms with E-state index in [1.54, 1.807) is 6.20 Å². The molecule has 3 aromatic rings. The summed E-state index contributed by atoms with van der Waals surface area (Å²) in [4.78, 5) is 13.6. The number of carbonyl (C=O) groups excluding carboxylic acids is 1. The largest absolute Gasteiger partial charge is 0.345 e. The molecule has 1 aliphatic heterocycles. The van der Waals surface area contributed by atoms with Crippen LogP contribution in [0.3, 0.4) is 0 Å². The summed E-state index contributed by atoms with van der Waals surface area (Å²) in [6.07, 6.45) is 4.04. The Kier molecular flexibility index (Phi) is 4.09. The minimum Gasteiger partial charge on any atom is -0.345 e. The van der Waals surface area contributed by atoms with Gasteiger partial charge in [-0.2, -0.15) is 5.10 Å². The minimum atomic E-state index is -0.654. The molecule has 1 atom stereocenters. The topological polar surface area (TPSA) is 57.8 Å². The number of aromatic nitrogens is 2. The molecular formula is C17H13F2N3OS2. The first-order chi connectivity index (χ1) is 12.1. The van der Waals surface area contributed by atoms with Gasteiger partial charge in [0.15, 0.2) is 0 Å². The minimum absolute atomic E-state index is 0.220. The number of nitrogens with zero attached hydrogens (tertiary/aromatic N) is 1. The number of thioether (sulfide) groups is 1. The lowest BCUT2D eigenvalue weighted by atomic mass is 9.92. The van der Waals surface area contributed by atoms with Crippen molar-refractivity contribution >= 4 is 29.0 Å². The van der Waals surface area contributed by atoms with Crippen molar-refractivity contribution in [3.63, 3.8) is 0 Å². The van der Waals surface area contributed by atoms with Gasteiger partial charge in [-0.25, -0.2) is 8.78 Å². The van der Waals surface area contributed by atoms with Gasteiger partial charge >= 0.3 is 0 Å². The van der Waals surface area contributed by atoms with Crippen LogP contribution in [-0.2, 0) is 6.42 Å². The van der Waals surface area contributed by atoms with Crippen molar-refractivity contribution in [3.8, 4) is 10.6 Å². The molecule has 1 aliphatic rings. The average molecular weight is 377 g/mol. The number of nitrogens with one attached hydrogen (secondary N) is 2. The maximum Gasteiger partial charge on any atom is 0.254 e. The van der Waals surface area contributed by atoms with Crippen molar-refractivity contribution in [1.29, 1.82) is 0 Å². The van der Waals surface area contributed by atoms with Crippen LogP contribution in [0.5, 0.6) is 0 Å². The summed E-state index contributed by atoms with van der Waals surface area (Å²) in [7, 11) is 0. The first-order valence-electron chi connectivity index (χ1n) is 7.53. The molecule has 0 saturated heterocycles. The van der Waals surface area contributed by atoms with E-state index in [1.165, 1.54) is 35.2 Å². The molecule has 0 radical (unpaired) electrons. The van der Waals surface area contributed by atoms with Gasteiger partial charge in [-0.15, -0.1) is 23.1 Å². The zero-order valence-corrected chi connectivity index (χ0v) is 14.7. The SMILES string of the molecule is CSc1sc(-c2ccn[nH]2)c2c1C(=O)NC(c1cc(F)cc(F)c1)C2. The van der Waals surface area contributed by atoms with Crippen molar-refractivity contribution in [2.24, 2.45) is 0 Å². The van der Waals surface area contributed by atoms with Crippen LogP contribution in [0.25, 0.3) is 10.6 Å². The molecule has 1 unspecified atom stereocenters. The third-order valence-corrected chi connectivity index (χ3v) is 6.52. The van der Waals surface area contributed by atoms with E-state index in [2.05, 4.69) is 15.5 Å². The van der Waals surface area contributed by atoms with Crippen molar-refractivity contribution in [3.05, 3.63) is 58.8 Å². The van der Waals surface area contributed by atoms with E-state index in [0.29, 0.717) is 17.5 Å². The van der Waals surface area contributed by atoms with Gasteiger partial charge in [0.2, 0.25) is 0 Å². The van der Waals surface area contributed by atoms with Crippen molar-refractivity contribution < 1.29 is 13.6 Å². The Bertz CT molecular complexity index is 933. The van der Waals surface area contributed by atoms with Gasteiger partial charge in [0.25, 0.3) is 5.91 Å². The second kappa shape index (κ2) is 6.27. The Labute approximate surface area is 150 Å². The van der Waals surface area contributed by atoms with E-state index in [0.717, 1.165) is 26.4 Å². The molecule has 0 saturated carbocycles. The predicted octanol–water partition coefficient (Wildman–Crippen LogP) is 4.17. The molecule has 4 rings (SSSR count). The summed E-state index contributed by atoms with van der Waals surface area (Å²) < 4.78 is 28.1. The smallest absolute Gasteiger partial charge is 0.254 e. The fourth-order valence-corrected chi connectivity index (χ4v) is 5.11. The zero-order chi connectivity index (χ0) is 17.6. The number of carbonyl (C=O) groups is 1. The molecule has 4 nitrogen and oxygen atoms in total. The molecule has 3 heterocycles. The monoisotopic (exact) mass is 377 g/mol. The van der Waals surface area contributed by atoms with Gasteiger partial charge in [0.1, 0.15) is 11.6 Å². The molecule has 0 aliphatic carbocycles. The molecule has 1 amide bonds. The Morgan fingerprint density at radius 3 is 2.68 bits per heavy atom. The van der Waals surface area contributed by atoms with Crippen LogP contribution in [0.4, 0.5) is 8.78 Å². The van der Waals surface area contributed by atoms with Gasteiger partial charge < -0.3 is 5.32 Å². The number of fused-ring (bicyclic) bond motifs is 1. The van der Waals surface area contributed by atoms with Crippen molar-refractivity contribution in [1.82, 2.24) is 15.5 Å². The lowest BCUT2D eigenvalue weighted by molar-refractivity contribution is 0.0922. The number of halogens is 2. The van der Waals surface area contributed by atoms with Gasteiger partial charge in [-0.05, 0) is 42.0 Å². The van der Waals surface area contributed by atoms with Crippen LogP contribution < -0.4 is 5.32 Å². The molecule has 1 aromatic carbocycles. The lowest BCUT2D eigenvalue weighted by Crippen LogP contribution is -2.35. The fourth-order valence-electron chi connectivity index (χ4n) is 3.07. The third kappa shape index (κ3) is 2.85. The third-order valence-electron chi connectivity index (χ3n) is 4.13. The molecule has 0 bridgehead atoms. The van der Waals surface area contributed by atoms with E-state index in [4.69, 9.17) is 0 Å². The van der Waals surface area contributed by atoms with E-state index >= 15 is 0 Å². The number of hydrogen-bond donors (Lipinski definition) is 2. The molecule has 0 spiro atoms. The first kappa shape index (κ1) is 16.3. The Balaban J connectivity index is 1.81. The highest BCUT2D eigenvalue weighted by Crippen LogP contribution is 2.44. The van der Waals surface area contributed by atoms with Gasteiger partial charge in [0.05, 0.1) is 26.4 Å². The highest BCUT2D eigenvalue weighted by atomic mass is 32.2. The number of thiophene rings is 1. The predicted molar refractivity (Wildman–Crippen MR) is 94.0 cm³/mol. The number of rotatable bonds is 3. The quantitative estimate of drug-likeness (QED) is 0.674. The molecular weight excluding hydrogens is 364 g/mol. The van der Waals surface area contributed by atoms with Crippen LogP contribution in [0, 0.1) is 11.6 Å². The van der Waals surface area contributed by atoms with Crippen LogP contribution in [0.15, 0.2) is 34.7 Å². The van der Waals surface area contributed by atoms with E-state index < -0.39 is 17.7 Å². The summed E-state index contributed by atoms with van der Waals surface area (Å²) in [5.74, 6) is -1.53. The van der Waals surface area contributed by atoms with Gasteiger partial charge in [-0.3, -0.25) is 9.89 Å². The molecule has 128 valence electrons. The number of amides is 1. The summed E-state index contributed by atoms with van der Waals surface area (Å²) in [5.41, 5.74) is 2.79. The summed E-state index contributed by atoms with van der Waals surface area (Å²) in [5, 5.41) is 9.78. The molecule has 0 fully saturated rings. The van der Waals surface area contributed by atoms with E-state index in [9.17, 15) is 13.6 Å². The van der Waals surface area contributed by atoms with E-state index in [1.807, 2.05) is 12.3 Å². The normalized spacial score (nSPS) is 16.6. The number of hydrogen-bond acceptors (Lipinski definition) is 4. The molecule has 8 heteroatoms. The Morgan fingerprint density at radius 1 is 1.28 bits per heavy atom. The van der Waals surface area contributed by atoms with E-state index in [-0.39, 0.29) is 5.91 Å². The Morgan fingerprint density at radius 2 is 2.04 bits per heavy atom. The summed E-state index contributed by atoms with van der Waals surface area (Å²) >= 11 is 3.03. The van der Waals surface area contributed by atoms with Crippen molar-refractivity contribution in [2.75, 3.05) is 6.26 Å². The van der Waals surface area contributed by atoms with Crippen LogP contribution in [0.1, 0.15) is 27.5 Å². The maximum absolute atomic E-state index is 13.6. The second-order valence-electron chi connectivity index (χ2n) is 5.68. The Hall–Kier alpha value is -2.19. The van der Waals surface area contributed by atoms with Gasteiger partial charge in [0, 0.05) is 12.3 Å². The van der Waals surface area contributed by atoms with Crippen LogP contribution in [0.2, 0.25) is 0 Å². The lowest BCUT2D eigenvalue weighted by Gasteiger charge is -2.25. The highest BCUT2D eigenvalue weighted by molar-refractivity contribution is 8.00. The second-order valence-corrected chi connectivity index (χ2v) is 7.78. The maximum atomic E-state index is 13.6. The number of benzene rings is 1.